The Morgan fingerprint density at radius 3 is 2.50 bits per heavy atom. The summed E-state index contributed by atoms with van der Waals surface area (Å²) in [5.41, 5.74) is 6.81. The molecule has 4 heteroatoms. The van der Waals surface area contributed by atoms with Crippen molar-refractivity contribution in [1.29, 1.82) is 0 Å². The van der Waals surface area contributed by atoms with Crippen molar-refractivity contribution >= 4 is 5.82 Å². The third-order valence-electron chi connectivity index (χ3n) is 4.50. The van der Waals surface area contributed by atoms with Crippen LogP contribution in [0.25, 0.3) is 0 Å². The van der Waals surface area contributed by atoms with Gasteiger partial charge in [0.05, 0.1) is 0 Å². The Labute approximate surface area is 108 Å². The van der Waals surface area contributed by atoms with Crippen molar-refractivity contribution in [3.05, 3.63) is 17.6 Å². The van der Waals surface area contributed by atoms with Gasteiger partial charge < -0.3 is 10.5 Å². The number of rotatable bonds is 3. The molecule has 2 fully saturated rings. The van der Waals surface area contributed by atoms with Crippen molar-refractivity contribution in [2.24, 2.45) is 0 Å². The van der Waals surface area contributed by atoms with E-state index in [4.69, 9.17) is 15.5 Å². The van der Waals surface area contributed by atoms with Crippen LogP contribution in [0.5, 0.6) is 0 Å². The molecular weight excluding hydrogens is 226 g/mol. The number of nitrogen functional groups attached to an aromatic ring is 1. The van der Waals surface area contributed by atoms with Gasteiger partial charge in [0.25, 0.3) is 0 Å². The lowest BCUT2D eigenvalue weighted by molar-refractivity contribution is -0.0847. The summed E-state index contributed by atoms with van der Waals surface area (Å²) in [6.07, 6.45) is 8.28. The van der Waals surface area contributed by atoms with E-state index in [1.54, 1.807) is 7.11 Å². The number of nitrogens with two attached hydrogens (primary N) is 1. The van der Waals surface area contributed by atoms with Crippen molar-refractivity contribution in [3.63, 3.8) is 0 Å². The largest absolute Gasteiger partial charge is 0.384 e. The maximum Gasteiger partial charge on any atom is 0.162 e. The fraction of sp³-hybridized carbons (Fsp3) is 0.714. The maximum absolute atomic E-state index is 5.95. The predicted octanol–water partition coefficient (Wildman–Crippen LogP) is 2.74. The number of aromatic nitrogens is 2. The first-order valence-electron chi connectivity index (χ1n) is 6.94. The lowest BCUT2D eigenvalue weighted by Crippen LogP contribution is -2.38. The summed E-state index contributed by atoms with van der Waals surface area (Å²) in [5.74, 6) is 1.96. The molecule has 2 aliphatic rings. The molecule has 18 heavy (non-hydrogen) atoms. The second-order valence-corrected chi connectivity index (χ2v) is 5.57. The first-order valence-corrected chi connectivity index (χ1v) is 6.94. The minimum atomic E-state index is -0.261. The van der Waals surface area contributed by atoms with E-state index >= 15 is 0 Å². The molecule has 0 amide bonds. The van der Waals surface area contributed by atoms with Gasteiger partial charge in [-0.2, -0.15) is 0 Å². The maximum atomic E-state index is 5.95. The highest BCUT2D eigenvalue weighted by Gasteiger charge is 2.42. The van der Waals surface area contributed by atoms with Crippen molar-refractivity contribution in [2.45, 2.75) is 56.5 Å². The first-order chi connectivity index (χ1) is 8.73. The number of anilines is 1. The van der Waals surface area contributed by atoms with Gasteiger partial charge >= 0.3 is 0 Å². The van der Waals surface area contributed by atoms with Crippen molar-refractivity contribution in [3.8, 4) is 0 Å². The molecule has 1 aromatic rings. The van der Waals surface area contributed by atoms with E-state index in [0.717, 1.165) is 24.4 Å². The summed E-state index contributed by atoms with van der Waals surface area (Å²) >= 11 is 0. The minimum Gasteiger partial charge on any atom is -0.384 e. The Morgan fingerprint density at radius 2 is 1.94 bits per heavy atom. The highest BCUT2D eigenvalue weighted by molar-refractivity contribution is 5.33. The highest BCUT2D eigenvalue weighted by atomic mass is 16.5. The molecule has 2 N–H and O–H groups in total. The molecule has 0 spiro atoms. The topological polar surface area (TPSA) is 61.0 Å². The van der Waals surface area contributed by atoms with Gasteiger partial charge in [-0.3, -0.25) is 0 Å². The molecule has 2 saturated carbocycles. The van der Waals surface area contributed by atoms with E-state index in [-0.39, 0.29) is 5.60 Å². The van der Waals surface area contributed by atoms with Gasteiger partial charge in [-0.1, -0.05) is 12.8 Å². The molecule has 0 aromatic carbocycles. The van der Waals surface area contributed by atoms with Crippen molar-refractivity contribution in [1.82, 2.24) is 9.97 Å². The van der Waals surface area contributed by atoms with Crippen LogP contribution in [0.15, 0.2) is 6.07 Å². The fourth-order valence-corrected chi connectivity index (χ4v) is 3.14. The zero-order chi connectivity index (χ0) is 12.6. The van der Waals surface area contributed by atoms with Gasteiger partial charge in [-0.25, -0.2) is 9.97 Å². The number of ether oxygens (including phenoxy) is 1. The van der Waals surface area contributed by atoms with Crippen LogP contribution in [0.1, 0.15) is 62.4 Å². The summed E-state index contributed by atoms with van der Waals surface area (Å²) in [6.45, 7) is 0. The Hall–Kier alpha value is -1.16. The molecule has 0 atom stereocenters. The number of hydrogen-bond acceptors (Lipinski definition) is 4. The summed E-state index contributed by atoms with van der Waals surface area (Å²) in [4.78, 5) is 9.18. The second kappa shape index (κ2) is 4.50. The van der Waals surface area contributed by atoms with Crippen LogP contribution in [0, 0.1) is 0 Å². The van der Waals surface area contributed by atoms with E-state index in [0.29, 0.717) is 11.7 Å². The van der Waals surface area contributed by atoms with Crippen LogP contribution in [-0.4, -0.2) is 17.1 Å². The molecule has 0 radical (unpaired) electrons. The van der Waals surface area contributed by atoms with E-state index in [9.17, 15) is 0 Å². The minimum absolute atomic E-state index is 0.261. The first kappa shape index (κ1) is 11.9. The molecule has 3 rings (SSSR count). The standard InChI is InChI=1S/C14H21N3O/c1-18-14(7-4-8-14)13-16-11(9-12(15)17-13)10-5-2-3-6-10/h9-10H,2-8H2,1H3,(H2,15,16,17). The second-order valence-electron chi connectivity index (χ2n) is 5.57. The summed E-state index contributed by atoms with van der Waals surface area (Å²) in [7, 11) is 1.75. The van der Waals surface area contributed by atoms with Gasteiger partial charge in [-0.15, -0.1) is 0 Å². The van der Waals surface area contributed by atoms with Crippen molar-refractivity contribution < 1.29 is 4.74 Å². The molecule has 1 heterocycles. The van der Waals surface area contributed by atoms with E-state index < -0.39 is 0 Å². The number of methoxy groups -OCH3 is 1. The van der Waals surface area contributed by atoms with Crippen LogP contribution < -0.4 is 5.73 Å². The zero-order valence-electron chi connectivity index (χ0n) is 11.0. The Bertz CT molecular complexity index is 431. The van der Waals surface area contributed by atoms with Crippen LogP contribution in [0.3, 0.4) is 0 Å². The highest BCUT2D eigenvalue weighted by Crippen LogP contribution is 2.43. The lowest BCUT2D eigenvalue weighted by atomic mass is 9.79. The van der Waals surface area contributed by atoms with E-state index in [2.05, 4.69) is 4.98 Å². The van der Waals surface area contributed by atoms with Crippen LogP contribution >= 0.6 is 0 Å². The normalized spacial score (nSPS) is 22.9. The monoisotopic (exact) mass is 247 g/mol. The molecular formula is C14H21N3O. The number of hydrogen-bond donors (Lipinski definition) is 1. The van der Waals surface area contributed by atoms with E-state index in [1.165, 1.54) is 32.1 Å². The molecule has 4 nitrogen and oxygen atoms in total. The average Bonchev–Trinajstić information content (AvgIpc) is 2.81. The molecule has 1 aromatic heterocycles. The van der Waals surface area contributed by atoms with Crippen LogP contribution in [0.4, 0.5) is 5.82 Å². The summed E-state index contributed by atoms with van der Waals surface area (Å²) in [5, 5.41) is 0. The summed E-state index contributed by atoms with van der Waals surface area (Å²) in [6, 6.07) is 1.95. The molecule has 0 aliphatic heterocycles. The van der Waals surface area contributed by atoms with Gasteiger partial charge in [0.15, 0.2) is 5.82 Å². The van der Waals surface area contributed by atoms with Gasteiger partial charge in [-0.05, 0) is 32.1 Å². The van der Waals surface area contributed by atoms with Gasteiger partial charge in [0, 0.05) is 24.8 Å². The van der Waals surface area contributed by atoms with Crippen LogP contribution in [0.2, 0.25) is 0 Å². The zero-order valence-corrected chi connectivity index (χ0v) is 11.0. The van der Waals surface area contributed by atoms with Crippen molar-refractivity contribution in [2.75, 3.05) is 12.8 Å². The third-order valence-corrected chi connectivity index (χ3v) is 4.50. The number of nitrogens with zero attached hydrogens (tertiary/aromatic N) is 2. The third kappa shape index (κ3) is 1.88. The Kier molecular flexibility index (Phi) is 2.98. The van der Waals surface area contributed by atoms with Gasteiger partial charge in [0.2, 0.25) is 0 Å². The van der Waals surface area contributed by atoms with Gasteiger partial charge in [0.1, 0.15) is 11.4 Å². The lowest BCUT2D eigenvalue weighted by Gasteiger charge is -2.39. The Balaban J connectivity index is 1.95. The van der Waals surface area contributed by atoms with Crippen LogP contribution in [-0.2, 0) is 10.3 Å². The Morgan fingerprint density at radius 1 is 1.22 bits per heavy atom. The molecule has 0 unspecified atom stereocenters. The fourth-order valence-electron chi connectivity index (χ4n) is 3.14. The summed E-state index contributed by atoms with van der Waals surface area (Å²) < 4.78 is 5.65. The molecule has 0 bridgehead atoms. The SMILES string of the molecule is COC1(c2nc(N)cc(C3CCCC3)n2)CCC1. The predicted molar refractivity (Wildman–Crippen MR) is 70.2 cm³/mol. The smallest absolute Gasteiger partial charge is 0.162 e. The molecule has 0 saturated heterocycles. The quantitative estimate of drug-likeness (QED) is 0.892. The van der Waals surface area contributed by atoms with E-state index in [1.807, 2.05) is 6.07 Å². The molecule has 2 aliphatic carbocycles. The molecule has 98 valence electrons. The average molecular weight is 247 g/mol.